The highest BCUT2D eigenvalue weighted by Gasteiger charge is 2.53. The lowest BCUT2D eigenvalue weighted by Gasteiger charge is -2.36. The van der Waals surface area contributed by atoms with Crippen LogP contribution in [0.4, 0.5) is 10.5 Å². The molecule has 0 aliphatic carbocycles. The molecule has 9 nitrogen and oxygen atoms in total. The molecule has 1 aromatic heterocycles. The number of anilines is 1. The molecular formula is C32H27ClN4O5. The first-order valence-electron chi connectivity index (χ1n) is 14.0. The van der Waals surface area contributed by atoms with Gasteiger partial charge >= 0.3 is 12.0 Å². The van der Waals surface area contributed by atoms with Crippen molar-refractivity contribution in [3.63, 3.8) is 0 Å². The number of piperidine rings is 1. The van der Waals surface area contributed by atoms with Crippen LogP contribution in [-0.2, 0) is 16.0 Å². The van der Waals surface area contributed by atoms with Gasteiger partial charge in [-0.15, -0.1) is 0 Å². The summed E-state index contributed by atoms with van der Waals surface area (Å²) in [6, 6.07) is 19.9. The molecule has 4 amide bonds. The third-order valence-electron chi connectivity index (χ3n) is 8.72. The molecule has 0 spiro atoms. The fraction of sp³-hybridized carbons (Fsp3) is 0.250. The van der Waals surface area contributed by atoms with Crippen molar-refractivity contribution < 1.29 is 24.3 Å². The zero-order valence-corrected chi connectivity index (χ0v) is 23.3. The average Bonchev–Trinajstić information content (AvgIpc) is 3.49. The van der Waals surface area contributed by atoms with Gasteiger partial charge in [-0.25, -0.2) is 9.69 Å². The number of imide groups is 1. The Hall–Kier alpha value is -4.63. The fourth-order valence-corrected chi connectivity index (χ4v) is 6.87. The van der Waals surface area contributed by atoms with Crippen molar-refractivity contribution in [2.45, 2.75) is 31.3 Å². The molecule has 3 aliphatic heterocycles. The Morgan fingerprint density at radius 1 is 0.929 bits per heavy atom. The lowest BCUT2D eigenvalue weighted by Crippen LogP contribution is -2.44. The van der Waals surface area contributed by atoms with Crippen molar-refractivity contribution in [2.75, 3.05) is 18.0 Å². The lowest BCUT2D eigenvalue weighted by atomic mass is 9.89. The maximum atomic E-state index is 14.3. The molecule has 2 atom stereocenters. The molecule has 4 heterocycles. The van der Waals surface area contributed by atoms with Crippen LogP contribution < -0.4 is 4.90 Å². The average molecular weight is 583 g/mol. The van der Waals surface area contributed by atoms with E-state index in [9.17, 15) is 24.3 Å². The van der Waals surface area contributed by atoms with Crippen molar-refractivity contribution >= 4 is 52.0 Å². The van der Waals surface area contributed by atoms with Crippen molar-refractivity contribution in [1.29, 1.82) is 0 Å². The zero-order valence-electron chi connectivity index (χ0n) is 22.5. The van der Waals surface area contributed by atoms with Crippen LogP contribution >= 0.6 is 11.6 Å². The van der Waals surface area contributed by atoms with Gasteiger partial charge < -0.3 is 15.0 Å². The lowest BCUT2D eigenvalue weighted by molar-refractivity contribution is -0.143. The number of urea groups is 1. The van der Waals surface area contributed by atoms with E-state index in [0.29, 0.717) is 37.4 Å². The van der Waals surface area contributed by atoms with E-state index in [1.165, 1.54) is 0 Å². The predicted molar refractivity (Wildman–Crippen MR) is 157 cm³/mol. The van der Waals surface area contributed by atoms with Crippen LogP contribution in [0, 0.1) is 5.92 Å². The Balaban J connectivity index is 1.29. The first kappa shape index (κ1) is 26.3. The third-order valence-corrected chi connectivity index (χ3v) is 8.96. The molecule has 7 rings (SSSR count). The summed E-state index contributed by atoms with van der Waals surface area (Å²) in [6.45, 7) is 0.582. The second-order valence-electron chi connectivity index (χ2n) is 11.0. The summed E-state index contributed by atoms with van der Waals surface area (Å²) in [4.78, 5) is 61.4. The number of carboxylic acid groups (broad SMARTS) is 1. The minimum atomic E-state index is -0.862. The van der Waals surface area contributed by atoms with Gasteiger partial charge in [0.05, 0.1) is 17.2 Å². The van der Waals surface area contributed by atoms with Gasteiger partial charge in [0.2, 0.25) is 0 Å². The molecule has 10 heteroatoms. The van der Waals surface area contributed by atoms with Crippen molar-refractivity contribution in [2.24, 2.45) is 5.92 Å². The SMILES string of the molecule is O=C(O)C1CCN(C(=O)c2ccccc2N2C(=O)[C@@H]3Cc4c([nH]c5ccccc45)[C@H](c4cccc(Cl)c4)N3C2=O)CC1. The molecule has 212 valence electrons. The normalized spacial score (nSPS) is 20.6. The Morgan fingerprint density at radius 2 is 1.67 bits per heavy atom. The second-order valence-corrected chi connectivity index (χ2v) is 11.5. The highest BCUT2D eigenvalue weighted by molar-refractivity contribution is 6.30. The Labute approximate surface area is 246 Å². The molecule has 3 aliphatic rings. The smallest absolute Gasteiger partial charge is 0.332 e. The van der Waals surface area contributed by atoms with Gasteiger partial charge in [0.1, 0.15) is 12.1 Å². The van der Waals surface area contributed by atoms with Crippen LogP contribution in [0.1, 0.15) is 46.1 Å². The van der Waals surface area contributed by atoms with Crippen molar-refractivity contribution in [3.05, 3.63) is 100 Å². The number of fused-ring (bicyclic) bond motifs is 4. The molecule has 0 saturated carbocycles. The van der Waals surface area contributed by atoms with Gasteiger partial charge in [-0.2, -0.15) is 0 Å². The number of nitrogens with zero attached hydrogens (tertiary/aromatic N) is 3. The van der Waals surface area contributed by atoms with Crippen LogP contribution in [0.25, 0.3) is 10.9 Å². The van der Waals surface area contributed by atoms with E-state index >= 15 is 0 Å². The Morgan fingerprint density at radius 3 is 2.43 bits per heavy atom. The largest absolute Gasteiger partial charge is 0.481 e. The van der Waals surface area contributed by atoms with Gasteiger partial charge in [-0.3, -0.25) is 19.3 Å². The molecule has 0 unspecified atom stereocenters. The van der Waals surface area contributed by atoms with Crippen LogP contribution in [0.2, 0.25) is 5.02 Å². The summed E-state index contributed by atoms with van der Waals surface area (Å²) < 4.78 is 0. The predicted octanol–water partition coefficient (Wildman–Crippen LogP) is 5.24. The first-order valence-corrected chi connectivity index (χ1v) is 14.3. The number of rotatable bonds is 4. The van der Waals surface area contributed by atoms with Gasteiger partial charge in [0, 0.05) is 41.1 Å². The molecule has 2 N–H and O–H groups in total. The van der Waals surface area contributed by atoms with Crippen LogP contribution in [0.5, 0.6) is 0 Å². The molecule has 3 aromatic carbocycles. The van der Waals surface area contributed by atoms with Crippen molar-refractivity contribution in [1.82, 2.24) is 14.8 Å². The van der Waals surface area contributed by atoms with E-state index in [2.05, 4.69) is 4.98 Å². The number of aromatic nitrogens is 1. The minimum Gasteiger partial charge on any atom is -0.481 e. The highest BCUT2D eigenvalue weighted by Crippen LogP contribution is 2.45. The number of hydrogen-bond donors (Lipinski definition) is 2. The summed E-state index contributed by atoms with van der Waals surface area (Å²) in [7, 11) is 0. The summed E-state index contributed by atoms with van der Waals surface area (Å²) in [5.74, 6) is -2.08. The minimum absolute atomic E-state index is 0.227. The number of H-pyrrole nitrogens is 1. The number of para-hydroxylation sites is 2. The summed E-state index contributed by atoms with van der Waals surface area (Å²) in [5, 5.41) is 10.9. The summed E-state index contributed by atoms with van der Waals surface area (Å²) in [6.07, 6.45) is 1.04. The number of benzene rings is 3. The van der Waals surface area contributed by atoms with E-state index in [1.54, 1.807) is 40.1 Å². The van der Waals surface area contributed by atoms with E-state index in [0.717, 1.165) is 32.6 Å². The molecule has 2 fully saturated rings. The Kier molecular flexibility index (Phi) is 6.27. The second kappa shape index (κ2) is 10.0. The zero-order chi connectivity index (χ0) is 29.1. The maximum Gasteiger partial charge on any atom is 0.332 e. The number of halogens is 1. The van der Waals surface area contributed by atoms with Crippen LogP contribution in [0.3, 0.4) is 0 Å². The van der Waals surface area contributed by atoms with E-state index in [1.807, 2.05) is 42.5 Å². The highest BCUT2D eigenvalue weighted by atomic mass is 35.5. The summed E-state index contributed by atoms with van der Waals surface area (Å²) >= 11 is 6.39. The van der Waals surface area contributed by atoms with Crippen LogP contribution in [0.15, 0.2) is 72.8 Å². The first-order chi connectivity index (χ1) is 20.3. The monoisotopic (exact) mass is 582 g/mol. The quantitative estimate of drug-likeness (QED) is 0.319. The number of hydrogen-bond acceptors (Lipinski definition) is 4. The molecule has 2 saturated heterocycles. The van der Waals surface area contributed by atoms with E-state index in [-0.39, 0.29) is 17.2 Å². The van der Waals surface area contributed by atoms with E-state index in [4.69, 9.17) is 11.6 Å². The standard InChI is InChI=1S/C32H27ClN4O5/c33-20-7-5-6-19(16-20)28-27-23(21-8-1-3-10-24(21)34-27)17-26-30(39)37(32(42)36(26)28)25-11-4-2-9-22(25)29(38)35-14-12-18(13-15-35)31(40)41/h1-11,16,18,26,28,34H,12-15,17H2,(H,40,41)/t26-,28-/m0/s1. The van der Waals surface area contributed by atoms with Gasteiger partial charge in [0.25, 0.3) is 11.8 Å². The number of aromatic amines is 1. The van der Waals surface area contributed by atoms with Gasteiger partial charge in [-0.05, 0) is 54.3 Å². The number of nitrogens with one attached hydrogen (secondary N) is 1. The number of aliphatic carboxylic acids is 1. The number of carboxylic acids is 1. The van der Waals surface area contributed by atoms with Gasteiger partial charge in [0.15, 0.2) is 0 Å². The summed E-state index contributed by atoms with van der Waals surface area (Å²) in [5.41, 5.74) is 3.97. The molecule has 0 bridgehead atoms. The molecular weight excluding hydrogens is 556 g/mol. The molecule has 0 radical (unpaired) electrons. The topological polar surface area (TPSA) is 114 Å². The maximum absolute atomic E-state index is 14.3. The fourth-order valence-electron chi connectivity index (χ4n) is 6.67. The van der Waals surface area contributed by atoms with Gasteiger partial charge in [-0.1, -0.05) is 54.1 Å². The Bertz CT molecular complexity index is 1780. The number of amides is 4. The third kappa shape index (κ3) is 4.07. The van der Waals surface area contributed by atoms with E-state index < -0.39 is 35.9 Å². The number of likely N-dealkylation sites (tertiary alicyclic amines) is 1. The number of carbonyl (C=O) groups excluding carboxylic acids is 3. The van der Waals surface area contributed by atoms with Crippen LogP contribution in [-0.4, -0.2) is 62.8 Å². The van der Waals surface area contributed by atoms with Crippen molar-refractivity contribution in [3.8, 4) is 0 Å². The molecule has 4 aromatic rings. The molecule has 42 heavy (non-hydrogen) atoms. The number of carbonyl (C=O) groups is 4.